The molecule has 0 unspecified atom stereocenters. The summed E-state index contributed by atoms with van der Waals surface area (Å²) in [5.41, 5.74) is 0. The summed E-state index contributed by atoms with van der Waals surface area (Å²) in [6.45, 7) is 2.83. The smallest absolute Gasteiger partial charge is 0.278 e. The Kier molecular flexibility index (Phi) is 7.28. The average molecular weight is 267 g/mol. The highest BCUT2D eigenvalue weighted by Gasteiger charge is 2.14. The molecule has 102 valence electrons. The van der Waals surface area contributed by atoms with Gasteiger partial charge in [0, 0.05) is 47.8 Å². The number of hydrogen-bond acceptors (Lipinski definition) is 4. The molecule has 0 fully saturated rings. The molecule has 0 aliphatic carbocycles. The molecule has 0 aromatic carbocycles. The van der Waals surface area contributed by atoms with Crippen LogP contribution in [0, 0.1) is 0 Å². The largest absolute Gasteiger partial charge is 0.383 e. The van der Waals surface area contributed by atoms with Crippen LogP contribution in [0.4, 0.5) is 0 Å². The molecule has 0 radical (unpaired) electrons. The third-order valence-corrected chi connectivity index (χ3v) is 3.69. The van der Waals surface area contributed by atoms with E-state index in [0.29, 0.717) is 19.7 Å². The van der Waals surface area contributed by atoms with Gasteiger partial charge in [-0.25, -0.2) is 4.72 Å². The van der Waals surface area contributed by atoms with Crippen molar-refractivity contribution in [2.75, 3.05) is 47.4 Å². The maximum Gasteiger partial charge on any atom is 0.278 e. The molecule has 0 atom stereocenters. The fourth-order valence-electron chi connectivity index (χ4n) is 1.07. The second-order valence-corrected chi connectivity index (χ2v) is 5.65. The first kappa shape index (κ1) is 16.3. The van der Waals surface area contributed by atoms with Crippen LogP contribution in [0.1, 0.15) is 6.92 Å². The Balaban J connectivity index is 4.11. The second kappa shape index (κ2) is 7.59. The van der Waals surface area contributed by atoms with Crippen LogP contribution in [0.2, 0.25) is 0 Å². The molecular weight excluding hydrogens is 246 g/mol. The zero-order chi connectivity index (χ0) is 13.5. The lowest BCUT2D eigenvalue weighted by Gasteiger charge is -2.21. The first-order chi connectivity index (χ1) is 7.81. The fraction of sp³-hybridized carbons (Fsp3) is 0.889. The van der Waals surface area contributed by atoms with E-state index >= 15 is 0 Å². The lowest BCUT2D eigenvalue weighted by molar-refractivity contribution is -0.129. The monoisotopic (exact) mass is 267 g/mol. The fourth-order valence-corrected chi connectivity index (χ4v) is 1.67. The number of amides is 1. The molecule has 0 rings (SSSR count). The molecule has 0 bridgehead atoms. The molecule has 7 nitrogen and oxygen atoms in total. The van der Waals surface area contributed by atoms with Crippen molar-refractivity contribution in [1.29, 1.82) is 0 Å². The zero-order valence-electron chi connectivity index (χ0n) is 10.8. The number of carbonyl (C=O) groups excluding carboxylic acids is 1. The molecule has 0 saturated heterocycles. The highest BCUT2D eigenvalue weighted by atomic mass is 32.2. The van der Waals surface area contributed by atoms with E-state index < -0.39 is 10.2 Å². The van der Waals surface area contributed by atoms with E-state index in [1.807, 2.05) is 0 Å². The van der Waals surface area contributed by atoms with Gasteiger partial charge in [-0.1, -0.05) is 0 Å². The number of hydrogen-bond donors (Lipinski definition) is 1. The quantitative estimate of drug-likeness (QED) is 0.604. The Morgan fingerprint density at radius 1 is 1.29 bits per heavy atom. The summed E-state index contributed by atoms with van der Waals surface area (Å²) in [6.07, 6.45) is 0. The molecule has 0 aromatic heterocycles. The molecule has 0 aliphatic heterocycles. The first-order valence-electron chi connectivity index (χ1n) is 5.23. The summed E-state index contributed by atoms with van der Waals surface area (Å²) in [7, 11) is 1.00. The molecule has 1 amide bonds. The number of rotatable bonds is 8. The van der Waals surface area contributed by atoms with Crippen LogP contribution in [0.3, 0.4) is 0 Å². The average Bonchev–Trinajstić information content (AvgIpc) is 2.22. The van der Waals surface area contributed by atoms with E-state index in [0.717, 1.165) is 4.31 Å². The number of methoxy groups -OCH3 is 1. The molecular formula is C9H21N3O4S. The van der Waals surface area contributed by atoms with Crippen LogP contribution in [-0.4, -0.2) is 71.0 Å². The highest BCUT2D eigenvalue weighted by molar-refractivity contribution is 7.87. The van der Waals surface area contributed by atoms with E-state index in [4.69, 9.17) is 4.74 Å². The summed E-state index contributed by atoms with van der Waals surface area (Å²) >= 11 is 0. The first-order valence-corrected chi connectivity index (χ1v) is 6.67. The van der Waals surface area contributed by atoms with Gasteiger partial charge in [-0.05, 0) is 0 Å². The Bertz CT molecular complexity index is 329. The molecule has 0 heterocycles. The van der Waals surface area contributed by atoms with Crippen LogP contribution in [0.15, 0.2) is 0 Å². The van der Waals surface area contributed by atoms with Crippen molar-refractivity contribution < 1.29 is 17.9 Å². The van der Waals surface area contributed by atoms with Crippen LogP contribution in [0.5, 0.6) is 0 Å². The number of nitrogens with one attached hydrogen (secondary N) is 1. The molecule has 17 heavy (non-hydrogen) atoms. The summed E-state index contributed by atoms with van der Waals surface area (Å²) in [5.74, 6) is -0.105. The predicted molar refractivity (Wildman–Crippen MR) is 64.7 cm³/mol. The third-order valence-electron chi connectivity index (χ3n) is 2.16. The van der Waals surface area contributed by atoms with E-state index in [1.54, 1.807) is 7.11 Å². The number of carbonyl (C=O) groups is 1. The standard InChI is InChI=1S/C9H21N3O4S/c1-9(13)12(7-8-16-4)6-5-10-17(14,15)11(2)3/h10H,5-8H2,1-4H3. The van der Waals surface area contributed by atoms with Gasteiger partial charge in [0.15, 0.2) is 0 Å². The van der Waals surface area contributed by atoms with Crippen molar-refractivity contribution >= 4 is 16.1 Å². The van der Waals surface area contributed by atoms with E-state index in [9.17, 15) is 13.2 Å². The van der Waals surface area contributed by atoms with Crippen molar-refractivity contribution in [3.05, 3.63) is 0 Å². The van der Waals surface area contributed by atoms with Gasteiger partial charge < -0.3 is 9.64 Å². The Hall–Kier alpha value is -0.700. The Labute approximate surface area is 103 Å². The molecule has 0 aliphatic rings. The lowest BCUT2D eigenvalue weighted by atomic mass is 10.4. The van der Waals surface area contributed by atoms with Crippen molar-refractivity contribution in [2.45, 2.75) is 6.92 Å². The summed E-state index contributed by atoms with van der Waals surface area (Å²) in [4.78, 5) is 12.8. The van der Waals surface area contributed by atoms with Crippen LogP contribution < -0.4 is 4.72 Å². The summed E-state index contributed by atoms with van der Waals surface area (Å²) in [6, 6.07) is 0. The van der Waals surface area contributed by atoms with Crippen molar-refractivity contribution in [1.82, 2.24) is 13.9 Å². The maximum atomic E-state index is 11.4. The van der Waals surface area contributed by atoms with Crippen LogP contribution >= 0.6 is 0 Å². The molecule has 1 N–H and O–H groups in total. The third kappa shape index (κ3) is 6.57. The highest BCUT2D eigenvalue weighted by Crippen LogP contribution is 1.91. The van der Waals surface area contributed by atoms with E-state index in [2.05, 4.69) is 4.72 Å². The Morgan fingerprint density at radius 2 is 1.88 bits per heavy atom. The van der Waals surface area contributed by atoms with Crippen molar-refractivity contribution in [3.8, 4) is 0 Å². The minimum atomic E-state index is -3.43. The van der Waals surface area contributed by atoms with Crippen LogP contribution in [-0.2, 0) is 19.7 Å². The number of nitrogens with zero attached hydrogens (tertiary/aromatic N) is 2. The van der Waals surface area contributed by atoms with Crippen LogP contribution in [0.25, 0.3) is 0 Å². The molecule has 0 saturated carbocycles. The second-order valence-electron chi connectivity index (χ2n) is 3.68. The SMILES string of the molecule is COCCN(CCNS(=O)(=O)N(C)C)C(C)=O. The topological polar surface area (TPSA) is 79.0 Å². The van der Waals surface area contributed by atoms with Gasteiger partial charge in [0.2, 0.25) is 5.91 Å². The van der Waals surface area contributed by atoms with Gasteiger partial charge in [0.25, 0.3) is 10.2 Å². The predicted octanol–water partition coefficient (Wildman–Crippen LogP) is -1.12. The van der Waals surface area contributed by atoms with Crippen molar-refractivity contribution in [2.24, 2.45) is 0 Å². The normalized spacial score (nSPS) is 11.8. The van der Waals surface area contributed by atoms with Gasteiger partial charge in [0.05, 0.1) is 6.61 Å². The molecule has 0 spiro atoms. The molecule has 0 aromatic rings. The van der Waals surface area contributed by atoms with E-state index in [1.165, 1.54) is 25.9 Å². The minimum absolute atomic E-state index is 0.105. The minimum Gasteiger partial charge on any atom is -0.383 e. The van der Waals surface area contributed by atoms with Gasteiger partial charge in [-0.15, -0.1) is 0 Å². The van der Waals surface area contributed by atoms with Gasteiger partial charge >= 0.3 is 0 Å². The number of ether oxygens (including phenoxy) is 1. The van der Waals surface area contributed by atoms with Gasteiger partial charge in [-0.2, -0.15) is 12.7 Å². The maximum absolute atomic E-state index is 11.4. The summed E-state index contributed by atoms with van der Waals surface area (Å²) in [5, 5.41) is 0. The molecule has 8 heteroatoms. The van der Waals surface area contributed by atoms with Gasteiger partial charge in [0.1, 0.15) is 0 Å². The summed E-state index contributed by atoms with van der Waals surface area (Å²) < 4.78 is 31.1. The zero-order valence-corrected chi connectivity index (χ0v) is 11.6. The van der Waals surface area contributed by atoms with E-state index in [-0.39, 0.29) is 12.5 Å². The van der Waals surface area contributed by atoms with Crippen molar-refractivity contribution in [3.63, 3.8) is 0 Å². The Morgan fingerprint density at radius 3 is 2.29 bits per heavy atom. The lowest BCUT2D eigenvalue weighted by Crippen LogP contribution is -2.42. The van der Waals surface area contributed by atoms with Gasteiger partial charge in [-0.3, -0.25) is 4.79 Å².